The lowest BCUT2D eigenvalue weighted by atomic mass is 9.48. The zero-order chi connectivity index (χ0) is 17.4. The van der Waals surface area contributed by atoms with Crippen LogP contribution in [0.15, 0.2) is 0 Å². The molecule has 0 aromatic rings. The molecule has 0 saturated heterocycles. The lowest BCUT2D eigenvalue weighted by Crippen LogP contribution is -2.60. The van der Waals surface area contributed by atoms with E-state index in [0.717, 1.165) is 32.1 Å². The van der Waals surface area contributed by atoms with Crippen LogP contribution in [-0.2, 0) is 0 Å². The van der Waals surface area contributed by atoms with Crippen molar-refractivity contribution in [3.05, 3.63) is 22.8 Å². The van der Waals surface area contributed by atoms with Crippen LogP contribution in [0.5, 0.6) is 0 Å². The lowest BCUT2D eigenvalue weighted by Gasteiger charge is -2.60. The number of hydrogen-bond acceptors (Lipinski definition) is 4. The average molecular weight is 323 g/mol. The summed E-state index contributed by atoms with van der Waals surface area (Å²) in [7, 11) is 0. The number of nitrogens with one attached hydrogen (secondary N) is 1. The summed E-state index contributed by atoms with van der Waals surface area (Å²) in [6.45, 7) is 14.9. The monoisotopic (exact) mass is 323 g/mol. The zero-order valence-electron chi connectivity index (χ0n) is 13.6. The number of nitriles is 2. The molecule has 4 rings (SSSR count). The van der Waals surface area contributed by atoms with Gasteiger partial charge in [-0.1, -0.05) is 0 Å². The molecule has 24 heavy (non-hydrogen) atoms. The van der Waals surface area contributed by atoms with Gasteiger partial charge in [-0.2, -0.15) is 10.5 Å². The second-order valence-electron chi connectivity index (χ2n) is 8.00. The second kappa shape index (κ2) is 6.07. The van der Waals surface area contributed by atoms with Crippen LogP contribution in [0.1, 0.15) is 38.5 Å². The van der Waals surface area contributed by atoms with Gasteiger partial charge in [0.25, 0.3) is 0 Å². The van der Waals surface area contributed by atoms with Gasteiger partial charge in [-0.05, 0) is 55.8 Å². The minimum absolute atomic E-state index is 0.0266. The predicted octanol–water partition coefficient (Wildman–Crippen LogP) is 1.90. The quantitative estimate of drug-likeness (QED) is 0.756. The number of nitrogens with zero attached hydrogens (tertiary/aromatic N) is 4. The van der Waals surface area contributed by atoms with E-state index in [0.29, 0.717) is 18.4 Å². The van der Waals surface area contributed by atoms with Crippen molar-refractivity contribution < 1.29 is 5.11 Å². The molecule has 6 heteroatoms. The van der Waals surface area contributed by atoms with Crippen LogP contribution in [0.3, 0.4) is 0 Å². The minimum Gasteiger partial charge on any atom is -0.390 e. The van der Waals surface area contributed by atoms with Gasteiger partial charge in [-0.25, -0.2) is 13.1 Å². The molecule has 0 spiro atoms. The van der Waals surface area contributed by atoms with Crippen LogP contribution in [0.2, 0.25) is 0 Å². The third-order valence-corrected chi connectivity index (χ3v) is 6.09. The van der Waals surface area contributed by atoms with Crippen LogP contribution in [0.25, 0.3) is 9.69 Å². The molecule has 4 atom stereocenters. The standard InChI is InChI=1S/C18H21N5O/c1-21-14(8-19)16(15(9-20)22-2)23-11-17-4-12-3-13(5-17)7-18(24,6-12)10-17/h12-16,23-24H,3-7,10-11H2. The highest BCUT2D eigenvalue weighted by atomic mass is 16.3. The molecule has 0 amide bonds. The first-order valence-corrected chi connectivity index (χ1v) is 8.45. The fourth-order valence-corrected chi connectivity index (χ4v) is 5.72. The summed E-state index contributed by atoms with van der Waals surface area (Å²) in [4.78, 5) is 6.57. The molecule has 4 saturated carbocycles. The normalized spacial score (nSPS) is 39.7. The van der Waals surface area contributed by atoms with E-state index in [1.54, 1.807) is 0 Å². The number of aliphatic hydroxyl groups is 1. The molecule has 0 heterocycles. The molecule has 0 aromatic carbocycles. The first-order valence-electron chi connectivity index (χ1n) is 8.45. The first kappa shape index (κ1) is 16.7. The molecule has 0 aromatic heterocycles. The molecular weight excluding hydrogens is 302 g/mol. The van der Waals surface area contributed by atoms with Gasteiger partial charge in [0.15, 0.2) is 18.2 Å². The Balaban J connectivity index is 1.76. The largest absolute Gasteiger partial charge is 0.390 e. The maximum atomic E-state index is 10.8. The van der Waals surface area contributed by atoms with E-state index in [2.05, 4.69) is 15.0 Å². The van der Waals surface area contributed by atoms with Gasteiger partial charge in [0.1, 0.15) is 0 Å². The zero-order valence-corrected chi connectivity index (χ0v) is 13.6. The molecule has 4 aliphatic rings. The average Bonchev–Trinajstić information content (AvgIpc) is 2.51. The van der Waals surface area contributed by atoms with Crippen molar-refractivity contribution >= 4 is 0 Å². The predicted molar refractivity (Wildman–Crippen MR) is 85.9 cm³/mol. The van der Waals surface area contributed by atoms with Gasteiger partial charge in [-0.3, -0.25) is 15.0 Å². The van der Waals surface area contributed by atoms with E-state index < -0.39 is 23.7 Å². The van der Waals surface area contributed by atoms with Crippen LogP contribution >= 0.6 is 0 Å². The Labute approximate surface area is 142 Å². The summed E-state index contributed by atoms with van der Waals surface area (Å²) in [6.07, 6.45) is 5.82. The van der Waals surface area contributed by atoms with Gasteiger partial charge in [0, 0.05) is 6.54 Å². The molecule has 0 aliphatic heterocycles. The van der Waals surface area contributed by atoms with E-state index in [-0.39, 0.29) is 5.41 Å². The molecule has 4 bridgehead atoms. The second-order valence-corrected chi connectivity index (χ2v) is 8.00. The number of hydrogen-bond donors (Lipinski definition) is 2. The van der Waals surface area contributed by atoms with Crippen LogP contribution in [0, 0.1) is 53.1 Å². The summed E-state index contributed by atoms with van der Waals surface area (Å²) in [5, 5.41) is 32.4. The van der Waals surface area contributed by atoms with Gasteiger partial charge in [0.2, 0.25) is 0 Å². The van der Waals surface area contributed by atoms with E-state index in [9.17, 15) is 15.6 Å². The maximum absolute atomic E-state index is 10.8. The van der Waals surface area contributed by atoms with Crippen molar-refractivity contribution in [1.82, 2.24) is 5.32 Å². The van der Waals surface area contributed by atoms with Crippen molar-refractivity contribution in [1.29, 1.82) is 10.5 Å². The van der Waals surface area contributed by atoms with Crippen LogP contribution in [0.4, 0.5) is 0 Å². The molecule has 0 radical (unpaired) electrons. The smallest absolute Gasteiger partial charge is 0.330 e. The summed E-state index contributed by atoms with van der Waals surface area (Å²) >= 11 is 0. The summed E-state index contributed by atoms with van der Waals surface area (Å²) in [5.41, 5.74) is -0.592. The van der Waals surface area contributed by atoms with Crippen molar-refractivity contribution in [3.8, 4) is 12.1 Å². The highest BCUT2D eigenvalue weighted by molar-refractivity contribution is 5.19. The topological polar surface area (TPSA) is 88.6 Å². The Morgan fingerprint density at radius 2 is 1.62 bits per heavy atom. The summed E-state index contributed by atoms with van der Waals surface area (Å²) in [6, 6.07) is 0.965. The van der Waals surface area contributed by atoms with Crippen LogP contribution in [-0.4, -0.2) is 35.4 Å². The van der Waals surface area contributed by atoms with Gasteiger partial charge < -0.3 is 5.11 Å². The Hall–Kier alpha value is -2.12. The Morgan fingerprint density at radius 1 is 1.08 bits per heavy atom. The third-order valence-electron chi connectivity index (χ3n) is 6.09. The fourth-order valence-electron chi connectivity index (χ4n) is 5.72. The molecule has 4 fully saturated rings. The lowest BCUT2D eigenvalue weighted by molar-refractivity contribution is -0.162. The van der Waals surface area contributed by atoms with Crippen LogP contribution < -0.4 is 5.32 Å². The van der Waals surface area contributed by atoms with Crippen molar-refractivity contribution in [3.63, 3.8) is 0 Å². The van der Waals surface area contributed by atoms with E-state index in [1.165, 1.54) is 6.42 Å². The molecule has 124 valence electrons. The molecule has 4 aliphatic carbocycles. The van der Waals surface area contributed by atoms with Gasteiger partial charge >= 0.3 is 12.1 Å². The van der Waals surface area contributed by atoms with Crippen molar-refractivity contribution in [2.75, 3.05) is 6.54 Å². The van der Waals surface area contributed by atoms with E-state index in [1.807, 2.05) is 12.1 Å². The van der Waals surface area contributed by atoms with Gasteiger partial charge in [-0.15, -0.1) is 0 Å². The molecule has 4 unspecified atom stereocenters. The molecule has 2 N–H and O–H groups in total. The van der Waals surface area contributed by atoms with Gasteiger partial charge in [0.05, 0.1) is 5.60 Å². The minimum atomic E-state index is -1.04. The fraction of sp³-hybridized carbons (Fsp3) is 0.778. The maximum Gasteiger partial charge on any atom is 0.330 e. The SMILES string of the molecule is [C-]#[N+]C(C#N)C(NCC12CC3CC(CC(O)(C3)C1)C2)C(C#N)[N+]#[C-]. The Morgan fingerprint density at radius 3 is 2.04 bits per heavy atom. The Kier molecular flexibility index (Phi) is 4.23. The highest BCUT2D eigenvalue weighted by Gasteiger charge is 2.57. The van der Waals surface area contributed by atoms with Crippen molar-refractivity contribution in [2.45, 2.75) is 62.3 Å². The third kappa shape index (κ3) is 2.85. The van der Waals surface area contributed by atoms with E-state index >= 15 is 0 Å². The Bertz CT molecular complexity index is 601. The van der Waals surface area contributed by atoms with Crippen molar-refractivity contribution in [2.24, 2.45) is 17.3 Å². The first-order chi connectivity index (χ1) is 11.5. The molecular formula is C18H21N5O. The summed E-state index contributed by atoms with van der Waals surface area (Å²) < 4.78 is 0. The summed E-state index contributed by atoms with van der Waals surface area (Å²) in [5.74, 6) is 1.11. The highest BCUT2D eigenvalue weighted by Crippen LogP contribution is 2.61. The van der Waals surface area contributed by atoms with E-state index in [4.69, 9.17) is 13.1 Å². The molecule has 6 nitrogen and oxygen atoms in total. The number of rotatable bonds is 5.